The Bertz CT molecular complexity index is 758. The van der Waals surface area contributed by atoms with Crippen LogP contribution < -0.4 is 10.5 Å². The van der Waals surface area contributed by atoms with Crippen LogP contribution in [-0.4, -0.2) is 23.6 Å². The van der Waals surface area contributed by atoms with E-state index in [4.69, 9.17) is 5.73 Å². The van der Waals surface area contributed by atoms with Crippen LogP contribution in [0.25, 0.3) is 0 Å². The van der Waals surface area contributed by atoms with Gasteiger partial charge in [0.05, 0.1) is 16.6 Å². The predicted octanol–water partition coefficient (Wildman–Crippen LogP) is 1.18. The molecule has 4 N–H and O–H groups in total. The van der Waals surface area contributed by atoms with Crippen molar-refractivity contribution in [2.45, 2.75) is 31.7 Å². The molecule has 114 valence electrons. The Labute approximate surface area is 121 Å². The molecule has 0 saturated heterocycles. The summed E-state index contributed by atoms with van der Waals surface area (Å²) in [5.74, 6) is -0.254. The Morgan fingerprint density at radius 2 is 2.10 bits per heavy atom. The first-order valence-corrected chi connectivity index (χ1v) is 7.65. The van der Waals surface area contributed by atoms with E-state index in [1.807, 2.05) is 0 Å². The molecule has 0 radical (unpaired) electrons. The van der Waals surface area contributed by atoms with Gasteiger partial charge in [0.25, 0.3) is 0 Å². The number of aromatic nitrogens is 3. The van der Waals surface area contributed by atoms with E-state index in [0.29, 0.717) is 5.82 Å². The second-order valence-electron chi connectivity index (χ2n) is 4.76. The van der Waals surface area contributed by atoms with Gasteiger partial charge in [-0.15, -0.1) is 0 Å². The number of nitrogens with two attached hydrogens (primary N) is 1. The first kappa shape index (κ1) is 15.4. The molecule has 0 bridgehead atoms. The topological polar surface area (TPSA) is 114 Å². The van der Waals surface area contributed by atoms with Crippen molar-refractivity contribution in [3.05, 3.63) is 35.2 Å². The molecule has 1 heterocycles. The standard InChI is InChI=1S/C12H16FN5O2S/c1-6-4-9(13)10(14)7(2)11(6)21(19,20)18-8(3)12-15-5-16-17-12/h4-5,8,18H,14H2,1-3H3,(H,15,16,17). The Hall–Kier alpha value is -2.00. The van der Waals surface area contributed by atoms with Crippen LogP contribution >= 0.6 is 0 Å². The number of aryl methyl sites for hydroxylation is 1. The second kappa shape index (κ2) is 5.41. The quantitative estimate of drug-likeness (QED) is 0.733. The van der Waals surface area contributed by atoms with E-state index >= 15 is 0 Å². The summed E-state index contributed by atoms with van der Waals surface area (Å²) >= 11 is 0. The number of H-pyrrole nitrogens is 1. The maximum Gasteiger partial charge on any atom is 0.241 e. The Morgan fingerprint density at radius 1 is 1.43 bits per heavy atom. The molecule has 0 aliphatic rings. The van der Waals surface area contributed by atoms with Crippen LogP contribution in [0.5, 0.6) is 0 Å². The molecule has 9 heteroatoms. The van der Waals surface area contributed by atoms with E-state index in [1.165, 1.54) is 20.2 Å². The highest BCUT2D eigenvalue weighted by Gasteiger charge is 2.25. The van der Waals surface area contributed by atoms with Crippen molar-refractivity contribution in [2.24, 2.45) is 0 Å². The van der Waals surface area contributed by atoms with Gasteiger partial charge >= 0.3 is 0 Å². The zero-order chi connectivity index (χ0) is 15.8. The van der Waals surface area contributed by atoms with Gasteiger partial charge in [0, 0.05) is 0 Å². The third-order valence-corrected chi connectivity index (χ3v) is 4.98. The van der Waals surface area contributed by atoms with Crippen molar-refractivity contribution in [1.82, 2.24) is 19.9 Å². The Kier molecular flexibility index (Phi) is 3.97. The zero-order valence-electron chi connectivity index (χ0n) is 11.8. The molecule has 1 aromatic carbocycles. The van der Waals surface area contributed by atoms with Crippen molar-refractivity contribution in [3.8, 4) is 0 Å². The highest BCUT2D eigenvalue weighted by Crippen LogP contribution is 2.28. The van der Waals surface area contributed by atoms with Crippen molar-refractivity contribution in [3.63, 3.8) is 0 Å². The highest BCUT2D eigenvalue weighted by atomic mass is 32.2. The third kappa shape index (κ3) is 2.88. The van der Waals surface area contributed by atoms with Gasteiger partial charge in [-0.05, 0) is 38.0 Å². The largest absolute Gasteiger partial charge is 0.396 e. The fourth-order valence-electron chi connectivity index (χ4n) is 2.12. The van der Waals surface area contributed by atoms with Crippen LogP contribution in [0.2, 0.25) is 0 Å². The summed E-state index contributed by atoms with van der Waals surface area (Å²) in [6.07, 6.45) is 1.28. The van der Waals surface area contributed by atoms with E-state index < -0.39 is 21.9 Å². The maximum absolute atomic E-state index is 13.5. The molecule has 1 aromatic heterocycles. The molecule has 2 rings (SSSR count). The summed E-state index contributed by atoms with van der Waals surface area (Å²) in [5.41, 5.74) is 5.88. The highest BCUT2D eigenvalue weighted by molar-refractivity contribution is 7.89. The summed E-state index contributed by atoms with van der Waals surface area (Å²) in [5, 5.41) is 6.25. The molecule has 0 aliphatic heterocycles. The Balaban J connectivity index is 2.43. The molecule has 2 aromatic rings. The van der Waals surface area contributed by atoms with Crippen molar-refractivity contribution >= 4 is 15.7 Å². The number of hydrogen-bond donors (Lipinski definition) is 3. The average molecular weight is 313 g/mol. The second-order valence-corrected chi connectivity index (χ2v) is 6.41. The van der Waals surface area contributed by atoms with Crippen LogP contribution in [0.3, 0.4) is 0 Å². The number of sulfonamides is 1. The van der Waals surface area contributed by atoms with Crippen molar-refractivity contribution in [2.75, 3.05) is 5.73 Å². The predicted molar refractivity (Wildman–Crippen MR) is 75.4 cm³/mol. The molecular weight excluding hydrogens is 297 g/mol. The molecule has 0 fully saturated rings. The molecule has 0 aliphatic carbocycles. The summed E-state index contributed by atoms with van der Waals surface area (Å²) in [6, 6.07) is 0.498. The Morgan fingerprint density at radius 3 is 2.67 bits per heavy atom. The normalized spacial score (nSPS) is 13.3. The first-order chi connectivity index (χ1) is 9.74. The lowest BCUT2D eigenvalue weighted by Crippen LogP contribution is -2.29. The summed E-state index contributed by atoms with van der Waals surface area (Å²) in [7, 11) is -3.87. The number of rotatable bonds is 4. The van der Waals surface area contributed by atoms with Crippen LogP contribution in [0.1, 0.15) is 29.9 Å². The average Bonchev–Trinajstić information content (AvgIpc) is 2.89. The molecule has 1 unspecified atom stereocenters. The van der Waals surface area contributed by atoms with Gasteiger partial charge in [-0.3, -0.25) is 5.10 Å². The molecule has 0 amide bonds. The van der Waals surface area contributed by atoms with Crippen molar-refractivity contribution in [1.29, 1.82) is 0 Å². The summed E-state index contributed by atoms with van der Waals surface area (Å²) in [4.78, 5) is 3.87. The van der Waals surface area contributed by atoms with E-state index in [9.17, 15) is 12.8 Å². The third-order valence-electron chi connectivity index (χ3n) is 3.15. The van der Waals surface area contributed by atoms with Gasteiger partial charge in [-0.1, -0.05) is 0 Å². The number of nitrogens with zero attached hydrogens (tertiary/aromatic N) is 2. The van der Waals surface area contributed by atoms with E-state index in [-0.39, 0.29) is 21.7 Å². The SMILES string of the molecule is Cc1cc(F)c(N)c(C)c1S(=O)(=O)NC(C)c1ncn[nH]1. The summed E-state index contributed by atoms with van der Waals surface area (Å²) in [6.45, 7) is 4.61. The number of nitrogens with one attached hydrogen (secondary N) is 2. The fraction of sp³-hybridized carbons (Fsp3) is 0.333. The monoisotopic (exact) mass is 313 g/mol. The molecular formula is C12H16FN5O2S. The van der Waals surface area contributed by atoms with Gasteiger partial charge in [-0.25, -0.2) is 22.5 Å². The molecule has 0 spiro atoms. The van der Waals surface area contributed by atoms with Gasteiger partial charge in [0.2, 0.25) is 10.0 Å². The first-order valence-electron chi connectivity index (χ1n) is 6.16. The minimum Gasteiger partial charge on any atom is -0.396 e. The lowest BCUT2D eigenvalue weighted by molar-refractivity contribution is 0.558. The smallest absolute Gasteiger partial charge is 0.241 e. The molecule has 1 atom stereocenters. The lowest BCUT2D eigenvalue weighted by Gasteiger charge is -2.16. The van der Waals surface area contributed by atoms with Crippen LogP contribution in [0.15, 0.2) is 17.3 Å². The summed E-state index contributed by atoms with van der Waals surface area (Å²) < 4.78 is 41.0. The van der Waals surface area contributed by atoms with Gasteiger partial charge in [0.1, 0.15) is 18.0 Å². The van der Waals surface area contributed by atoms with Crippen LogP contribution in [0, 0.1) is 19.7 Å². The van der Waals surface area contributed by atoms with Gasteiger partial charge < -0.3 is 5.73 Å². The van der Waals surface area contributed by atoms with E-state index in [2.05, 4.69) is 19.9 Å². The number of aromatic amines is 1. The molecule has 0 saturated carbocycles. The number of nitrogen functional groups attached to an aromatic ring is 1. The minimum absolute atomic E-state index is 0.0206. The van der Waals surface area contributed by atoms with E-state index in [1.54, 1.807) is 6.92 Å². The maximum atomic E-state index is 13.5. The van der Waals surface area contributed by atoms with Crippen molar-refractivity contribution < 1.29 is 12.8 Å². The number of halogens is 1. The van der Waals surface area contributed by atoms with E-state index in [0.717, 1.165) is 6.07 Å². The minimum atomic E-state index is -3.87. The van der Waals surface area contributed by atoms with Gasteiger partial charge in [0.15, 0.2) is 0 Å². The van der Waals surface area contributed by atoms with Crippen LogP contribution in [0.4, 0.5) is 10.1 Å². The number of benzene rings is 1. The van der Waals surface area contributed by atoms with Crippen LogP contribution in [-0.2, 0) is 10.0 Å². The number of anilines is 1. The lowest BCUT2D eigenvalue weighted by atomic mass is 10.1. The zero-order valence-corrected chi connectivity index (χ0v) is 12.6. The number of hydrogen-bond acceptors (Lipinski definition) is 5. The molecule has 7 nitrogen and oxygen atoms in total. The molecule has 21 heavy (non-hydrogen) atoms. The fourth-order valence-corrected chi connectivity index (χ4v) is 3.81. The van der Waals surface area contributed by atoms with Gasteiger partial charge in [-0.2, -0.15) is 5.10 Å².